The van der Waals surface area contributed by atoms with E-state index in [4.69, 9.17) is 5.73 Å². The van der Waals surface area contributed by atoms with E-state index in [2.05, 4.69) is 27.8 Å². The summed E-state index contributed by atoms with van der Waals surface area (Å²) in [4.78, 5) is 15.7. The van der Waals surface area contributed by atoms with Crippen molar-refractivity contribution in [1.29, 1.82) is 0 Å². The Morgan fingerprint density at radius 1 is 1.56 bits per heavy atom. The zero-order valence-electron chi connectivity index (χ0n) is 9.45. The summed E-state index contributed by atoms with van der Waals surface area (Å²) in [5.74, 6) is 0.181. The summed E-state index contributed by atoms with van der Waals surface area (Å²) in [6.07, 6.45) is 6.23. The normalized spacial score (nSPS) is 12.4. The van der Waals surface area contributed by atoms with Gasteiger partial charge in [0.15, 0.2) is 0 Å². The van der Waals surface area contributed by atoms with Crippen molar-refractivity contribution in [2.75, 3.05) is 0 Å². The molecule has 0 fully saturated rings. The van der Waals surface area contributed by atoms with Crippen LogP contribution in [0.4, 0.5) is 0 Å². The number of nitrogens with zero attached hydrogens (tertiary/aromatic N) is 1. The molecule has 16 heavy (non-hydrogen) atoms. The minimum absolute atomic E-state index is 0.00221. The van der Waals surface area contributed by atoms with Gasteiger partial charge in [-0.3, -0.25) is 9.78 Å². The number of nitrogens with two attached hydrogens (primary N) is 1. The van der Waals surface area contributed by atoms with Crippen LogP contribution in [0.2, 0.25) is 0 Å². The number of aromatic nitrogens is 1. The molecule has 0 aliphatic rings. The van der Waals surface area contributed by atoms with Gasteiger partial charge in [0.1, 0.15) is 5.78 Å². The number of pyridine rings is 1. The van der Waals surface area contributed by atoms with Crippen LogP contribution in [0.1, 0.15) is 31.7 Å². The van der Waals surface area contributed by atoms with E-state index in [0.717, 1.165) is 22.9 Å². The Kier molecular flexibility index (Phi) is 5.63. The fraction of sp³-hybridized carbons (Fsp3) is 0.500. The molecule has 2 N–H and O–H groups in total. The van der Waals surface area contributed by atoms with E-state index in [9.17, 15) is 4.79 Å². The van der Waals surface area contributed by atoms with Crippen LogP contribution in [0.25, 0.3) is 0 Å². The fourth-order valence-electron chi connectivity index (χ4n) is 1.62. The quantitative estimate of drug-likeness (QED) is 0.873. The molecule has 0 saturated carbocycles. The van der Waals surface area contributed by atoms with Crippen molar-refractivity contribution >= 4 is 21.7 Å². The zero-order chi connectivity index (χ0) is 12.0. The molecule has 0 aliphatic carbocycles. The van der Waals surface area contributed by atoms with E-state index in [1.807, 2.05) is 6.07 Å². The first-order valence-corrected chi connectivity index (χ1v) is 6.27. The van der Waals surface area contributed by atoms with Gasteiger partial charge in [0.2, 0.25) is 0 Å². The molecule has 0 aliphatic heterocycles. The average molecular weight is 285 g/mol. The van der Waals surface area contributed by atoms with Crippen molar-refractivity contribution in [1.82, 2.24) is 4.98 Å². The Morgan fingerprint density at radius 2 is 2.31 bits per heavy atom. The first-order chi connectivity index (χ1) is 7.61. The predicted octanol–water partition coefficient (Wildman–Crippen LogP) is 2.47. The van der Waals surface area contributed by atoms with E-state index in [1.165, 1.54) is 0 Å². The first-order valence-electron chi connectivity index (χ1n) is 5.48. The molecule has 0 aromatic carbocycles. The molecule has 1 atom stereocenters. The molecular weight excluding hydrogens is 268 g/mol. The largest absolute Gasteiger partial charge is 0.327 e. The summed E-state index contributed by atoms with van der Waals surface area (Å²) in [6.45, 7) is 2.07. The molecule has 4 heteroatoms. The second kappa shape index (κ2) is 6.76. The van der Waals surface area contributed by atoms with Gasteiger partial charge in [-0.05, 0) is 34.0 Å². The summed E-state index contributed by atoms with van der Waals surface area (Å²) in [7, 11) is 0. The third-order valence-electron chi connectivity index (χ3n) is 2.31. The number of carbonyl (C=O) groups excluding carboxylic acids is 1. The minimum atomic E-state index is -0.00221. The number of rotatable bonds is 6. The van der Waals surface area contributed by atoms with Gasteiger partial charge in [-0.15, -0.1) is 0 Å². The van der Waals surface area contributed by atoms with Gasteiger partial charge < -0.3 is 5.73 Å². The molecule has 1 heterocycles. The molecule has 0 bridgehead atoms. The van der Waals surface area contributed by atoms with Gasteiger partial charge in [0.05, 0.1) is 0 Å². The summed E-state index contributed by atoms with van der Waals surface area (Å²) >= 11 is 3.33. The molecule has 1 unspecified atom stereocenters. The second-order valence-corrected chi connectivity index (χ2v) is 4.90. The Morgan fingerprint density at radius 3 is 2.94 bits per heavy atom. The highest BCUT2D eigenvalue weighted by Gasteiger charge is 2.09. The highest BCUT2D eigenvalue weighted by atomic mass is 79.9. The Balaban J connectivity index is 2.45. The average Bonchev–Trinajstić information content (AvgIpc) is 2.17. The molecule has 1 aromatic heterocycles. The van der Waals surface area contributed by atoms with Gasteiger partial charge >= 0.3 is 0 Å². The van der Waals surface area contributed by atoms with E-state index in [0.29, 0.717) is 12.8 Å². The SMILES string of the molecule is CCCC(N)CC(=O)Cc1cncc(Br)c1. The van der Waals surface area contributed by atoms with Gasteiger partial charge in [0.25, 0.3) is 0 Å². The highest BCUT2D eigenvalue weighted by molar-refractivity contribution is 9.10. The number of Topliss-reactive ketones (excluding diaryl/α,β-unsaturated/α-hetero) is 1. The maximum atomic E-state index is 11.7. The smallest absolute Gasteiger partial charge is 0.138 e. The fourth-order valence-corrected chi connectivity index (χ4v) is 2.03. The van der Waals surface area contributed by atoms with Crippen LogP contribution in [-0.2, 0) is 11.2 Å². The van der Waals surface area contributed by atoms with Gasteiger partial charge in [0, 0.05) is 35.7 Å². The Labute approximate surface area is 105 Å². The maximum Gasteiger partial charge on any atom is 0.138 e. The lowest BCUT2D eigenvalue weighted by molar-refractivity contribution is -0.118. The summed E-state index contributed by atoms with van der Waals surface area (Å²) < 4.78 is 0.899. The van der Waals surface area contributed by atoms with Crippen LogP contribution < -0.4 is 5.73 Å². The lowest BCUT2D eigenvalue weighted by atomic mass is 10.0. The number of hydrogen-bond donors (Lipinski definition) is 1. The molecule has 3 nitrogen and oxygen atoms in total. The molecule has 0 spiro atoms. The topological polar surface area (TPSA) is 56.0 Å². The maximum absolute atomic E-state index is 11.7. The molecule has 1 aromatic rings. The third kappa shape index (κ3) is 4.86. The van der Waals surface area contributed by atoms with Gasteiger partial charge in [-0.1, -0.05) is 13.3 Å². The number of hydrogen-bond acceptors (Lipinski definition) is 3. The van der Waals surface area contributed by atoms with Crippen LogP contribution in [0.3, 0.4) is 0 Å². The van der Waals surface area contributed by atoms with Crippen molar-refractivity contribution in [2.24, 2.45) is 5.73 Å². The van der Waals surface area contributed by atoms with Crippen LogP contribution in [0.15, 0.2) is 22.9 Å². The highest BCUT2D eigenvalue weighted by Crippen LogP contribution is 2.11. The van der Waals surface area contributed by atoms with E-state index < -0.39 is 0 Å². The van der Waals surface area contributed by atoms with Crippen LogP contribution in [-0.4, -0.2) is 16.8 Å². The van der Waals surface area contributed by atoms with Crippen molar-refractivity contribution in [3.8, 4) is 0 Å². The standard InChI is InChI=1S/C12H17BrN2O/c1-2-3-11(14)6-12(16)5-9-4-10(13)8-15-7-9/h4,7-8,11H,2-3,5-6,14H2,1H3. The first kappa shape index (κ1) is 13.3. The third-order valence-corrected chi connectivity index (χ3v) is 2.75. The second-order valence-electron chi connectivity index (χ2n) is 3.98. The van der Waals surface area contributed by atoms with E-state index in [-0.39, 0.29) is 11.8 Å². The van der Waals surface area contributed by atoms with E-state index in [1.54, 1.807) is 12.4 Å². The Bertz CT molecular complexity index is 355. The van der Waals surface area contributed by atoms with Crippen LogP contribution in [0, 0.1) is 0 Å². The molecule has 0 amide bonds. The monoisotopic (exact) mass is 284 g/mol. The van der Waals surface area contributed by atoms with Crippen molar-refractivity contribution in [3.05, 3.63) is 28.5 Å². The van der Waals surface area contributed by atoms with Gasteiger partial charge in [-0.25, -0.2) is 0 Å². The summed E-state index contributed by atoms with van der Waals surface area (Å²) in [6, 6.07) is 1.91. The Hall–Kier alpha value is -0.740. The zero-order valence-corrected chi connectivity index (χ0v) is 11.0. The van der Waals surface area contributed by atoms with Crippen LogP contribution in [0.5, 0.6) is 0 Å². The molecule has 0 radical (unpaired) electrons. The summed E-state index contributed by atoms with van der Waals surface area (Å²) in [5.41, 5.74) is 6.76. The molecular formula is C12H17BrN2O. The molecule has 0 saturated heterocycles. The lowest BCUT2D eigenvalue weighted by Crippen LogP contribution is -2.24. The molecule has 1 rings (SSSR count). The van der Waals surface area contributed by atoms with E-state index >= 15 is 0 Å². The number of carbonyl (C=O) groups is 1. The van der Waals surface area contributed by atoms with Gasteiger partial charge in [-0.2, -0.15) is 0 Å². The predicted molar refractivity (Wildman–Crippen MR) is 68.1 cm³/mol. The summed E-state index contributed by atoms with van der Waals surface area (Å²) in [5, 5.41) is 0. The lowest BCUT2D eigenvalue weighted by Gasteiger charge is -2.08. The van der Waals surface area contributed by atoms with Crippen LogP contribution >= 0.6 is 15.9 Å². The minimum Gasteiger partial charge on any atom is -0.327 e. The van der Waals surface area contributed by atoms with Crippen molar-refractivity contribution < 1.29 is 4.79 Å². The number of ketones is 1. The van der Waals surface area contributed by atoms with Crippen molar-refractivity contribution in [3.63, 3.8) is 0 Å². The number of halogens is 1. The van der Waals surface area contributed by atoms with Crippen molar-refractivity contribution in [2.45, 2.75) is 38.6 Å². The molecule has 88 valence electrons.